The van der Waals surface area contributed by atoms with Gasteiger partial charge in [0, 0.05) is 38.8 Å². The van der Waals surface area contributed by atoms with E-state index in [1.165, 1.54) is 87.7 Å². The average molecular weight is 677 g/mol. The number of para-hydroxylation sites is 1. The van der Waals surface area contributed by atoms with Crippen molar-refractivity contribution in [2.24, 2.45) is 5.92 Å². The summed E-state index contributed by atoms with van der Waals surface area (Å²) in [5.41, 5.74) is 11.2. The standard InChI is InChI=1S/C51H36N2/c1-2-14-33(15-3-1)37-31-46(52-47(32-37)42-26-13-18-34-16-4-6-21-39(34)42)36-19-12-20-38(30-36)53-48-27-11-10-25-45(48)50-49-40-22-7-5-17-35(40)28-29-43(49)41-23-8-9-24-44(41)51(50)53/h1-20,22-32,39,46,52H,21H2. The summed E-state index contributed by atoms with van der Waals surface area (Å²) in [5, 5.41) is 14.3. The third kappa shape index (κ3) is 4.72. The molecule has 0 saturated heterocycles. The van der Waals surface area contributed by atoms with Crippen LogP contribution in [-0.4, -0.2) is 4.57 Å². The van der Waals surface area contributed by atoms with E-state index in [0.29, 0.717) is 5.92 Å². The number of dihydropyridines is 1. The molecule has 2 aliphatic carbocycles. The van der Waals surface area contributed by atoms with Gasteiger partial charge in [-0.3, -0.25) is 0 Å². The molecule has 2 unspecified atom stereocenters. The third-order valence-corrected chi connectivity index (χ3v) is 11.5. The van der Waals surface area contributed by atoms with Crippen LogP contribution < -0.4 is 5.32 Å². The summed E-state index contributed by atoms with van der Waals surface area (Å²) >= 11 is 0. The van der Waals surface area contributed by atoms with E-state index >= 15 is 0 Å². The van der Waals surface area contributed by atoms with E-state index in [2.05, 4.69) is 198 Å². The summed E-state index contributed by atoms with van der Waals surface area (Å²) in [4.78, 5) is 0. The molecule has 2 nitrogen and oxygen atoms in total. The van der Waals surface area contributed by atoms with Crippen LogP contribution in [0.25, 0.3) is 65.4 Å². The zero-order chi connectivity index (χ0) is 34.9. The molecule has 0 spiro atoms. The molecule has 0 amide bonds. The van der Waals surface area contributed by atoms with E-state index in [9.17, 15) is 0 Å². The summed E-state index contributed by atoms with van der Waals surface area (Å²) < 4.78 is 2.51. The first-order chi connectivity index (χ1) is 26.3. The lowest BCUT2D eigenvalue weighted by atomic mass is 9.79. The minimum absolute atomic E-state index is 0.0156. The van der Waals surface area contributed by atoms with Crippen molar-refractivity contribution in [1.82, 2.24) is 9.88 Å². The van der Waals surface area contributed by atoms with Crippen LogP contribution in [0.4, 0.5) is 0 Å². The van der Waals surface area contributed by atoms with Gasteiger partial charge in [0.1, 0.15) is 0 Å². The van der Waals surface area contributed by atoms with Gasteiger partial charge in [0.15, 0.2) is 0 Å². The molecule has 1 aliphatic heterocycles. The molecule has 250 valence electrons. The molecule has 11 rings (SSSR count). The summed E-state index contributed by atoms with van der Waals surface area (Å²) in [6.45, 7) is 0. The molecule has 0 saturated carbocycles. The number of nitrogens with one attached hydrogen (secondary N) is 1. The Balaban J connectivity index is 1.13. The minimum Gasteiger partial charge on any atom is -0.374 e. The van der Waals surface area contributed by atoms with Crippen LogP contribution in [0.5, 0.6) is 0 Å². The first kappa shape index (κ1) is 30.0. The average Bonchev–Trinajstić information content (AvgIpc) is 3.59. The molecule has 1 N–H and O–H groups in total. The zero-order valence-electron chi connectivity index (χ0n) is 29.2. The smallest absolute Gasteiger partial charge is 0.0707 e. The van der Waals surface area contributed by atoms with Crippen LogP contribution in [0.3, 0.4) is 0 Å². The van der Waals surface area contributed by atoms with Gasteiger partial charge in [-0.15, -0.1) is 0 Å². The van der Waals surface area contributed by atoms with Crippen LogP contribution in [-0.2, 0) is 0 Å². The molecule has 1 aromatic heterocycles. The van der Waals surface area contributed by atoms with E-state index in [1.54, 1.807) is 0 Å². The fourth-order valence-corrected chi connectivity index (χ4v) is 9.13. The normalized spacial score (nSPS) is 18.2. The minimum atomic E-state index is -0.0156. The van der Waals surface area contributed by atoms with Crippen LogP contribution in [0, 0.1) is 5.92 Å². The predicted octanol–water partition coefficient (Wildman–Crippen LogP) is 12.9. The molecule has 0 radical (unpaired) electrons. The first-order valence-electron chi connectivity index (χ1n) is 18.7. The molecular formula is C51H36N2. The van der Waals surface area contributed by atoms with Gasteiger partial charge in [-0.2, -0.15) is 0 Å². The molecule has 3 aliphatic rings. The van der Waals surface area contributed by atoms with Crippen molar-refractivity contribution < 1.29 is 0 Å². The second-order valence-corrected chi connectivity index (χ2v) is 14.5. The van der Waals surface area contributed by atoms with Gasteiger partial charge < -0.3 is 9.88 Å². The quantitative estimate of drug-likeness (QED) is 0.184. The lowest BCUT2D eigenvalue weighted by molar-refractivity contribution is 0.661. The number of aromatic nitrogens is 1. The Hall–Kier alpha value is -6.64. The van der Waals surface area contributed by atoms with Crippen LogP contribution >= 0.6 is 0 Å². The van der Waals surface area contributed by atoms with Crippen molar-refractivity contribution in [3.8, 4) is 5.69 Å². The van der Waals surface area contributed by atoms with E-state index in [4.69, 9.17) is 0 Å². The fourth-order valence-electron chi connectivity index (χ4n) is 9.13. The Bertz CT molecular complexity index is 3000. The highest BCUT2D eigenvalue weighted by Gasteiger charge is 2.27. The molecule has 7 aromatic carbocycles. The number of hydrogen-bond donors (Lipinski definition) is 1. The van der Waals surface area contributed by atoms with Crippen molar-refractivity contribution >= 4 is 59.7 Å². The molecule has 2 heterocycles. The lowest BCUT2D eigenvalue weighted by Crippen LogP contribution is -2.27. The van der Waals surface area contributed by atoms with Gasteiger partial charge in [-0.1, -0.05) is 158 Å². The Labute approximate surface area is 308 Å². The van der Waals surface area contributed by atoms with Crippen molar-refractivity contribution in [3.63, 3.8) is 0 Å². The third-order valence-electron chi connectivity index (χ3n) is 11.5. The SMILES string of the molecule is C1=CCC2C(=C1)C=CC=C2C1=CC(c2ccccc2)=CC(c2cccc(-n3c4ccccc4c4c5c6ccccc6ccc5c5ccccc5c43)c2)N1. The predicted molar refractivity (Wildman–Crippen MR) is 224 cm³/mol. The van der Waals surface area contributed by atoms with Crippen LogP contribution in [0.1, 0.15) is 23.6 Å². The van der Waals surface area contributed by atoms with Gasteiger partial charge in [0.05, 0.1) is 17.1 Å². The number of benzene rings is 7. The molecule has 8 aromatic rings. The molecule has 2 heteroatoms. The Kier molecular flexibility index (Phi) is 6.78. The van der Waals surface area contributed by atoms with Gasteiger partial charge in [-0.25, -0.2) is 0 Å². The summed E-state index contributed by atoms with van der Waals surface area (Å²) in [6.07, 6.45) is 19.3. The monoisotopic (exact) mass is 676 g/mol. The first-order valence-corrected chi connectivity index (χ1v) is 18.7. The maximum absolute atomic E-state index is 4.02. The van der Waals surface area contributed by atoms with Crippen LogP contribution in [0.15, 0.2) is 205 Å². The highest BCUT2D eigenvalue weighted by atomic mass is 15.0. The molecule has 0 fully saturated rings. The van der Waals surface area contributed by atoms with Crippen molar-refractivity contribution in [1.29, 1.82) is 0 Å². The van der Waals surface area contributed by atoms with Crippen molar-refractivity contribution in [2.45, 2.75) is 12.5 Å². The number of allylic oxidation sites excluding steroid dienone is 10. The van der Waals surface area contributed by atoms with Gasteiger partial charge in [-0.05, 0) is 86.2 Å². The fraction of sp³-hybridized carbons (Fsp3) is 0.0588. The van der Waals surface area contributed by atoms with Gasteiger partial charge >= 0.3 is 0 Å². The summed E-state index contributed by atoms with van der Waals surface area (Å²) in [6, 6.07) is 51.3. The Morgan fingerprint density at radius 1 is 0.604 bits per heavy atom. The number of fused-ring (bicyclic) bond motifs is 11. The largest absolute Gasteiger partial charge is 0.374 e. The van der Waals surface area contributed by atoms with Crippen molar-refractivity contribution in [2.75, 3.05) is 0 Å². The summed E-state index contributed by atoms with van der Waals surface area (Å²) in [5.74, 6) is 0.350. The molecule has 2 atom stereocenters. The Morgan fingerprint density at radius 2 is 1.40 bits per heavy atom. The maximum atomic E-state index is 4.02. The van der Waals surface area contributed by atoms with E-state index < -0.39 is 0 Å². The van der Waals surface area contributed by atoms with E-state index in [0.717, 1.165) is 12.1 Å². The second kappa shape index (κ2) is 12.0. The highest BCUT2D eigenvalue weighted by Crippen LogP contribution is 2.45. The Morgan fingerprint density at radius 3 is 2.30 bits per heavy atom. The lowest BCUT2D eigenvalue weighted by Gasteiger charge is -2.32. The molecular weight excluding hydrogens is 641 g/mol. The van der Waals surface area contributed by atoms with E-state index in [1.807, 2.05) is 0 Å². The number of rotatable bonds is 4. The second-order valence-electron chi connectivity index (χ2n) is 14.5. The molecule has 0 bridgehead atoms. The van der Waals surface area contributed by atoms with Crippen molar-refractivity contribution in [3.05, 3.63) is 216 Å². The van der Waals surface area contributed by atoms with E-state index in [-0.39, 0.29) is 6.04 Å². The maximum Gasteiger partial charge on any atom is 0.0707 e. The van der Waals surface area contributed by atoms with Gasteiger partial charge in [0.2, 0.25) is 0 Å². The summed E-state index contributed by atoms with van der Waals surface area (Å²) in [7, 11) is 0. The molecule has 53 heavy (non-hydrogen) atoms. The number of nitrogens with zero attached hydrogens (tertiary/aromatic N) is 1. The van der Waals surface area contributed by atoms with Gasteiger partial charge in [0.25, 0.3) is 0 Å². The van der Waals surface area contributed by atoms with Crippen LogP contribution in [0.2, 0.25) is 0 Å². The number of hydrogen-bond acceptors (Lipinski definition) is 1. The zero-order valence-corrected chi connectivity index (χ0v) is 29.2. The highest BCUT2D eigenvalue weighted by molar-refractivity contribution is 6.36. The topological polar surface area (TPSA) is 17.0 Å².